The van der Waals surface area contributed by atoms with E-state index < -0.39 is 11.5 Å². The van der Waals surface area contributed by atoms with Crippen LogP contribution in [-0.4, -0.2) is 55.7 Å². The van der Waals surface area contributed by atoms with Gasteiger partial charge in [0.15, 0.2) is 10.8 Å². The Hall–Kier alpha value is -3.46. The molecule has 3 aromatic rings. The van der Waals surface area contributed by atoms with Gasteiger partial charge in [0.2, 0.25) is 0 Å². The third kappa shape index (κ3) is 4.00. The second-order valence-electron chi connectivity index (χ2n) is 8.61. The van der Waals surface area contributed by atoms with Crippen molar-refractivity contribution in [1.29, 1.82) is 0 Å². The number of carbonyl (C=O) groups excluding carboxylic acids is 2. The largest absolute Gasteiger partial charge is 0.458 e. The van der Waals surface area contributed by atoms with Crippen molar-refractivity contribution >= 4 is 34.8 Å². The molecule has 10 heteroatoms. The van der Waals surface area contributed by atoms with E-state index in [0.717, 1.165) is 5.56 Å². The summed E-state index contributed by atoms with van der Waals surface area (Å²) in [6.45, 7) is 2.59. The number of hydrogen-bond donors (Lipinski definition) is 0. The van der Waals surface area contributed by atoms with Gasteiger partial charge in [-0.05, 0) is 24.5 Å². The Labute approximate surface area is 201 Å². The zero-order valence-electron chi connectivity index (χ0n) is 18.6. The fourth-order valence-corrected chi connectivity index (χ4v) is 5.16. The van der Waals surface area contributed by atoms with Crippen LogP contribution in [0.1, 0.15) is 31.4 Å². The summed E-state index contributed by atoms with van der Waals surface area (Å²) < 4.78 is 13.2. The van der Waals surface area contributed by atoms with Crippen LogP contribution in [0.25, 0.3) is 11.2 Å². The van der Waals surface area contributed by atoms with Gasteiger partial charge in [-0.3, -0.25) is 4.79 Å². The Morgan fingerprint density at radius 3 is 2.62 bits per heavy atom. The van der Waals surface area contributed by atoms with Crippen LogP contribution in [0.3, 0.4) is 0 Å². The summed E-state index contributed by atoms with van der Waals surface area (Å²) in [6, 6.07) is 9.41. The first-order chi connectivity index (χ1) is 16.5. The number of allylic oxidation sites excluding steroid dienone is 1. The Morgan fingerprint density at radius 1 is 1.12 bits per heavy atom. The molecule has 2 atom stereocenters. The minimum absolute atomic E-state index is 0.171. The first-order valence-electron chi connectivity index (χ1n) is 11.1. The number of likely N-dealkylation sites (tertiary alicyclic amines) is 1. The van der Waals surface area contributed by atoms with Crippen LogP contribution in [0, 0.1) is 5.41 Å². The number of halogens is 1. The van der Waals surface area contributed by atoms with Gasteiger partial charge < -0.3 is 18.9 Å². The summed E-state index contributed by atoms with van der Waals surface area (Å²) in [7, 11) is 0. The highest BCUT2D eigenvalue weighted by Crippen LogP contribution is 2.51. The van der Waals surface area contributed by atoms with Gasteiger partial charge in [-0.1, -0.05) is 48.0 Å². The fourth-order valence-electron chi connectivity index (χ4n) is 4.99. The third-order valence-corrected chi connectivity index (χ3v) is 6.96. The van der Waals surface area contributed by atoms with Crippen molar-refractivity contribution in [2.24, 2.45) is 5.41 Å². The first-order valence-corrected chi connectivity index (χ1v) is 11.5. The molecule has 2 aliphatic rings. The number of ether oxygens (including phenoxy) is 2. The number of hydrogen-bond acceptors (Lipinski definition) is 7. The molecule has 0 bridgehead atoms. The molecule has 0 unspecified atom stereocenters. The lowest BCUT2D eigenvalue weighted by molar-refractivity contribution is -0.152. The lowest BCUT2D eigenvalue weighted by Gasteiger charge is -2.45. The van der Waals surface area contributed by atoms with Crippen LogP contribution in [0.15, 0.2) is 55.1 Å². The van der Waals surface area contributed by atoms with Gasteiger partial charge in [-0.2, -0.15) is 0 Å². The van der Waals surface area contributed by atoms with Crippen LogP contribution >= 0.6 is 11.6 Å². The summed E-state index contributed by atoms with van der Waals surface area (Å²) in [5, 5.41) is 0.285. The molecule has 2 aromatic heterocycles. The summed E-state index contributed by atoms with van der Waals surface area (Å²) in [5.41, 5.74) is 1.62. The van der Waals surface area contributed by atoms with E-state index in [0.29, 0.717) is 37.1 Å². The minimum atomic E-state index is -0.451. The number of carbonyl (C=O) groups is 2. The van der Waals surface area contributed by atoms with Gasteiger partial charge in [0.25, 0.3) is 0 Å². The molecule has 1 amide bonds. The number of imidazole rings is 1. The van der Waals surface area contributed by atoms with Crippen molar-refractivity contribution < 1.29 is 19.1 Å². The highest BCUT2D eigenvalue weighted by molar-refractivity contribution is 6.33. The zero-order chi connectivity index (χ0) is 23.7. The van der Waals surface area contributed by atoms with Gasteiger partial charge in [0, 0.05) is 25.4 Å². The summed E-state index contributed by atoms with van der Waals surface area (Å²) >= 11 is 6.21. The molecular formula is C24H24ClN5O4. The van der Waals surface area contributed by atoms with Gasteiger partial charge in [-0.25, -0.2) is 19.7 Å². The minimum Gasteiger partial charge on any atom is -0.458 e. The highest BCUT2D eigenvalue weighted by Gasteiger charge is 2.52. The molecule has 5 rings (SSSR count). The molecule has 0 radical (unpaired) electrons. The number of aromatic nitrogens is 4. The van der Waals surface area contributed by atoms with E-state index in [1.807, 2.05) is 47.1 Å². The van der Waals surface area contributed by atoms with E-state index in [4.69, 9.17) is 21.1 Å². The van der Waals surface area contributed by atoms with E-state index in [1.165, 1.54) is 13.3 Å². The Balaban J connectivity index is 1.36. The van der Waals surface area contributed by atoms with E-state index >= 15 is 0 Å². The van der Waals surface area contributed by atoms with Crippen molar-refractivity contribution in [3.63, 3.8) is 0 Å². The fraction of sp³-hybridized carbons (Fsp3) is 0.375. The molecule has 1 aliphatic heterocycles. The van der Waals surface area contributed by atoms with E-state index in [-0.39, 0.29) is 29.9 Å². The first kappa shape index (κ1) is 22.3. The number of rotatable bonds is 4. The molecule has 34 heavy (non-hydrogen) atoms. The quantitative estimate of drug-likeness (QED) is 0.316. The highest BCUT2D eigenvalue weighted by atomic mass is 35.5. The predicted molar refractivity (Wildman–Crippen MR) is 124 cm³/mol. The normalized spacial score (nSPS) is 21.2. The second kappa shape index (κ2) is 9.06. The molecule has 0 N–H and O–H groups in total. The summed E-state index contributed by atoms with van der Waals surface area (Å²) in [4.78, 5) is 39.1. The second-order valence-corrected chi connectivity index (χ2v) is 8.97. The van der Waals surface area contributed by atoms with Crippen LogP contribution in [0.4, 0.5) is 4.79 Å². The number of fused-ring (bicyclic) bond motifs is 1. The topological polar surface area (TPSA) is 99.4 Å². The molecule has 1 aromatic carbocycles. The average molecular weight is 482 g/mol. The van der Waals surface area contributed by atoms with Crippen LogP contribution in [0.2, 0.25) is 5.15 Å². The number of benzene rings is 1. The van der Waals surface area contributed by atoms with Gasteiger partial charge in [0.05, 0.1) is 12.4 Å². The van der Waals surface area contributed by atoms with Gasteiger partial charge in [-0.15, -0.1) is 0 Å². The zero-order valence-corrected chi connectivity index (χ0v) is 19.4. The molecule has 1 fully saturated rings. The van der Waals surface area contributed by atoms with Gasteiger partial charge in [0.1, 0.15) is 24.6 Å². The predicted octanol–water partition coefficient (Wildman–Crippen LogP) is 3.94. The molecule has 176 valence electrons. The molecule has 1 saturated heterocycles. The molecule has 1 aliphatic carbocycles. The number of esters is 1. The van der Waals surface area contributed by atoms with Gasteiger partial charge >= 0.3 is 12.1 Å². The van der Waals surface area contributed by atoms with E-state index in [1.54, 1.807) is 11.2 Å². The maximum Gasteiger partial charge on any atom is 0.410 e. The monoisotopic (exact) mass is 481 g/mol. The average Bonchev–Trinajstić information content (AvgIpc) is 3.41. The Morgan fingerprint density at radius 2 is 1.88 bits per heavy atom. The number of nitrogens with zero attached hydrogens (tertiary/aromatic N) is 5. The number of amides is 1. The Bertz CT molecular complexity index is 1240. The summed E-state index contributed by atoms with van der Waals surface area (Å²) in [5.74, 6) is -0.347. The SMILES string of the molecule is CC(=O)O[C@@H]1C=C[C@H](n2cnc3c(Cl)ncnc32)C12CCN(C(=O)OCc1ccccc1)CC2. The Kier molecular flexibility index (Phi) is 5.95. The standard InChI is InChI=1S/C24H24ClN5O4/c1-16(31)34-19-8-7-18(30-15-28-20-21(25)26-14-27-22(20)30)24(19)9-11-29(12-10-24)23(32)33-13-17-5-3-2-4-6-17/h2-8,14-15,18-19H,9-13H2,1H3/t18-,19+/m0/s1. The van der Waals surface area contributed by atoms with Crippen LogP contribution < -0.4 is 0 Å². The lowest BCUT2D eigenvalue weighted by Crippen LogP contribution is -2.50. The smallest absolute Gasteiger partial charge is 0.410 e. The van der Waals surface area contributed by atoms with Crippen molar-refractivity contribution in [2.75, 3.05) is 13.1 Å². The van der Waals surface area contributed by atoms with Crippen molar-refractivity contribution in [3.05, 3.63) is 65.9 Å². The third-order valence-electron chi connectivity index (χ3n) is 6.69. The van der Waals surface area contributed by atoms with E-state index in [9.17, 15) is 9.59 Å². The maximum absolute atomic E-state index is 12.7. The van der Waals surface area contributed by atoms with Crippen molar-refractivity contribution in [1.82, 2.24) is 24.4 Å². The van der Waals surface area contributed by atoms with E-state index in [2.05, 4.69) is 15.0 Å². The molecule has 3 heterocycles. The van der Waals surface area contributed by atoms with Crippen molar-refractivity contribution in [2.45, 2.75) is 38.5 Å². The molecule has 9 nitrogen and oxygen atoms in total. The van der Waals surface area contributed by atoms with Crippen molar-refractivity contribution in [3.8, 4) is 0 Å². The number of piperidine rings is 1. The lowest BCUT2D eigenvalue weighted by atomic mass is 9.71. The maximum atomic E-state index is 12.7. The molecule has 1 spiro atoms. The molecular weight excluding hydrogens is 458 g/mol. The molecule has 0 saturated carbocycles. The van der Waals surface area contributed by atoms with Crippen LogP contribution in [-0.2, 0) is 20.9 Å². The van der Waals surface area contributed by atoms with Crippen LogP contribution in [0.5, 0.6) is 0 Å². The summed E-state index contributed by atoms with van der Waals surface area (Å²) in [6.07, 6.45) is 7.49.